The zero-order valence-corrected chi connectivity index (χ0v) is 7.02. The van der Waals surface area contributed by atoms with Crippen LogP contribution in [-0.4, -0.2) is 35.3 Å². The highest BCUT2D eigenvalue weighted by atomic mass is 32.2. The summed E-state index contributed by atoms with van der Waals surface area (Å²) in [6.45, 7) is 0. The molecule has 8 nitrogen and oxygen atoms in total. The first-order valence-electron chi connectivity index (χ1n) is 2.87. The Morgan fingerprint density at radius 3 is 2.15 bits per heavy atom. The second-order valence-corrected chi connectivity index (χ2v) is 3.63. The number of carbonyl (C=O) groups excluding carboxylic acids is 1. The Hall–Kier alpha value is -1.19. The first kappa shape index (κ1) is 11.8. The van der Waals surface area contributed by atoms with Gasteiger partial charge in [-0.1, -0.05) is 0 Å². The second-order valence-electron chi connectivity index (χ2n) is 2.04. The lowest BCUT2D eigenvalue weighted by Gasteiger charge is -2.05. The third-order valence-corrected chi connectivity index (χ3v) is 2.21. The van der Waals surface area contributed by atoms with Crippen LogP contribution in [0.5, 0.6) is 0 Å². The van der Waals surface area contributed by atoms with Crippen LogP contribution in [0.15, 0.2) is 0 Å². The summed E-state index contributed by atoms with van der Waals surface area (Å²) in [5, 5.41) is 6.02. The van der Waals surface area contributed by atoms with Gasteiger partial charge in [-0.2, -0.15) is 14.3 Å². The molecular weight excluding hydrogens is 206 g/mol. The van der Waals surface area contributed by atoms with Gasteiger partial charge < -0.3 is 9.94 Å². The standard InChI is InChI=1S/C4H7NO7S/c5-12-3(6)1-2(4(7)8)13(9,10)11/h2H,1,5H2,(H,7,8)(H,9,10,11). The molecule has 0 fully saturated rings. The van der Waals surface area contributed by atoms with E-state index < -0.39 is 33.7 Å². The Balaban J connectivity index is 4.66. The molecule has 9 heteroatoms. The molecule has 0 amide bonds. The molecule has 0 aromatic heterocycles. The zero-order chi connectivity index (χ0) is 10.6. The van der Waals surface area contributed by atoms with Gasteiger partial charge in [-0.05, 0) is 0 Å². The van der Waals surface area contributed by atoms with Crippen molar-refractivity contribution in [3.8, 4) is 0 Å². The van der Waals surface area contributed by atoms with E-state index >= 15 is 0 Å². The molecule has 0 rings (SSSR count). The quantitative estimate of drug-likeness (QED) is 0.364. The van der Waals surface area contributed by atoms with E-state index in [4.69, 9.17) is 9.66 Å². The smallest absolute Gasteiger partial charge is 0.326 e. The molecule has 1 unspecified atom stereocenters. The molecule has 13 heavy (non-hydrogen) atoms. The molecule has 4 N–H and O–H groups in total. The van der Waals surface area contributed by atoms with Gasteiger partial charge in [-0.25, -0.2) is 0 Å². The predicted octanol–water partition coefficient (Wildman–Crippen LogP) is -1.87. The highest BCUT2D eigenvalue weighted by Crippen LogP contribution is 2.05. The Morgan fingerprint density at radius 1 is 1.46 bits per heavy atom. The van der Waals surface area contributed by atoms with Crippen molar-refractivity contribution < 1.29 is 32.5 Å². The summed E-state index contributed by atoms with van der Waals surface area (Å²) in [7, 11) is -4.83. The zero-order valence-electron chi connectivity index (χ0n) is 6.21. The van der Waals surface area contributed by atoms with Crippen molar-refractivity contribution in [1.82, 2.24) is 0 Å². The number of hydrogen-bond acceptors (Lipinski definition) is 6. The van der Waals surface area contributed by atoms with E-state index in [-0.39, 0.29) is 0 Å². The van der Waals surface area contributed by atoms with E-state index in [1.807, 2.05) is 0 Å². The Labute approximate surface area is 73.0 Å². The molecule has 0 saturated carbocycles. The molecule has 76 valence electrons. The topological polar surface area (TPSA) is 144 Å². The number of carbonyl (C=O) groups is 2. The van der Waals surface area contributed by atoms with Crippen molar-refractivity contribution in [3.05, 3.63) is 0 Å². The van der Waals surface area contributed by atoms with Crippen LogP contribution in [0.25, 0.3) is 0 Å². The number of carboxylic acid groups (broad SMARTS) is 1. The van der Waals surface area contributed by atoms with E-state index in [9.17, 15) is 18.0 Å². The Kier molecular flexibility index (Phi) is 3.78. The van der Waals surface area contributed by atoms with Crippen LogP contribution in [0, 0.1) is 0 Å². The van der Waals surface area contributed by atoms with Crippen molar-refractivity contribution in [2.24, 2.45) is 5.90 Å². The third kappa shape index (κ3) is 3.83. The fourth-order valence-electron chi connectivity index (χ4n) is 0.520. The lowest BCUT2D eigenvalue weighted by molar-refractivity contribution is -0.147. The monoisotopic (exact) mass is 213 g/mol. The summed E-state index contributed by atoms with van der Waals surface area (Å²) in [6.07, 6.45) is -1.04. The average Bonchev–Trinajstić information content (AvgIpc) is 1.96. The molecule has 0 spiro atoms. The van der Waals surface area contributed by atoms with E-state index in [0.717, 1.165) is 0 Å². The molecule has 0 aliphatic rings. The highest BCUT2D eigenvalue weighted by molar-refractivity contribution is 7.87. The maximum atomic E-state index is 10.4. The van der Waals surface area contributed by atoms with E-state index in [1.54, 1.807) is 0 Å². The SMILES string of the molecule is NOC(=O)CC(C(=O)O)S(=O)(=O)O. The normalized spacial score (nSPS) is 13.4. The molecule has 0 radical (unpaired) electrons. The summed E-state index contributed by atoms with van der Waals surface area (Å²) in [6, 6.07) is 0. The van der Waals surface area contributed by atoms with Gasteiger partial charge in [0.1, 0.15) is 0 Å². The van der Waals surface area contributed by atoms with Gasteiger partial charge in [-0.3, -0.25) is 14.1 Å². The summed E-state index contributed by atoms with van der Waals surface area (Å²) < 4.78 is 29.0. The van der Waals surface area contributed by atoms with Crippen molar-refractivity contribution >= 4 is 22.1 Å². The van der Waals surface area contributed by atoms with Crippen LogP contribution < -0.4 is 5.90 Å². The van der Waals surface area contributed by atoms with Crippen LogP contribution in [-0.2, 0) is 24.5 Å². The van der Waals surface area contributed by atoms with E-state index in [0.29, 0.717) is 0 Å². The average molecular weight is 213 g/mol. The summed E-state index contributed by atoms with van der Waals surface area (Å²) in [5.41, 5.74) is 0. The maximum Gasteiger partial charge on any atom is 0.326 e. The van der Waals surface area contributed by atoms with Crippen LogP contribution in [0.2, 0.25) is 0 Å². The number of aliphatic carboxylic acids is 1. The van der Waals surface area contributed by atoms with Crippen LogP contribution in [0.3, 0.4) is 0 Å². The minimum absolute atomic E-state index is 1.04. The predicted molar refractivity (Wildman–Crippen MR) is 37.9 cm³/mol. The molecule has 0 aromatic rings. The largest absolute Gasteiger partial charge is 0.480 e. The van der Waals surface area contributed by atoms with Gasteiger partial charge in [-0.15, -0.1) is 0 Å². The minimum atomic E-state index is -4.83. The van der Waals surface area contributed by atoms with Crippen LogP contribution >= 0.6 is 0 Å². The molecule has 0 saturated heterocycles. The lowest BCUT2D eigenvalue weighted by atomic mass is 10.3. The lowest BCUT2D eigenvalue weighted by Crippen LogP contribution is -2.33. The van der Waals surface area contributed by atoms with E-state index in [2.05, 4.69) is 10.7 Å². The van der Waals surface area contributed by atoms with Gasteiger partial charge in [0, 0.05) is 0 Å². The first-order valence-corrected chi connectivity index (χ1v) is 4.38. The molecule has 1 atom stereocenters. The summed E-state index contributed by atoms with van der Waals surface area (Å²) in [5.74, 6) is 1.25. The molecule has 0 aromatic carbocycles. The number of carboxylic acids is 1. The Bertz CT molecular complexity index is 306. The molecular formula is C4H7NO7S. The first-order chi connectivity index (χ1) is 5.79. The number of hydrogen-bond donors (Lipinski definition) is 3. The minimum Gasteiger partial charge on any atom is -0.480 e. The third-order valence-electron chi connectivity index (χ3n) is 1.12. The van der Waals surface area contributed by atoms with Crippen molar-refractivity contribution in [2.45, 2.75) is 11.7 Å². The fourth-order valence-corrected chi connectivity index (χ4v) is 1.12. The van der Waals surface area contributed by atoms with Gasteiger partial charge >= 0.3 is 11.9 Å². The van der Waals surface area contributed by atoms with Gasteiger partial charge in [0.2, 0.25) is 0 Å². The van der Waals surface area contributed by atoms with Crippen LogP contribution in [0.1, 0.15) is 6.42 Å². The van der Waals surface area contributed by atoms with Gasteiger partial charge in [0.15, 0.2) is 5.25 Å². The molecule has 0 heterocycles. The van der Waals surface area contributed by atoms with Crippen molar-refractivity contribution in [3.63, 3.8) is 0 Å². The summed E-state index contributed by atoms with van der Waals surface area (Å²) >= 11 is 0. The summed E-state index contributed by atoms with van der Waals surface area (Å²) in [4.78, 5) is 24.1. The maximum absolute atomic E-state index is 10.4. The van der Waals surface area contributed by atoms with Crippen LogP contribution in [0.4, 0.5) is 0 Å². The van der Waals surface area contributed by atoms with E-state index in [1.165, 1.54) is 0 Å². The van der Waals surface area contributed by atoms with Crippen molar-refractivity contribution in [2.75, 3.05) is 0 Å². The Morgan fingerprint density at radius 2 is 1.92 bits per heavy atom. The second kappa shape index (κ2) is 4.16. The molecule has 0 aliphatic heterocycles. The molecule has 0 aliphatic carbocycles. The number of rotatable bonds is 4. The number of nitrogens with two attached hydrogens (primary N) is 1. The van der Waals surface area contributed by atoms with Gasteiger partial charge in [0.25, 0.3) is 10.1 Å². The molecule has 0 bridgehead atoms. The fraction of sp³-hybridized carbons (Fsp3) is 0.500. The van der Waals surface area contributed by atoms with Crippen molar-refractivity contribution in [1.29, 1.82) is 0 Å². The van der Waals surface area contributed by atoms with Gasteiger partial charge in [0.05, 0.1) is 6.42 Å². The highest BCUT2D eigenvalue weighted by Gasteiger charge is 2.33.